The third-order valence-corrected chi connectivity index (χ3v) is 11.1. The predicted molar refractivity (Wildman–Crippen MR) is 211 cm³/mol. The molecule has 0 unspecified atom stereocenters. The second-order valence-electron chi connectivity index (χ2n) is 15.7. The van der Waals surface area contributed by atoms with E-state index in [4.69, 9.17) is 16.2 Å². The zero-order valence-electron chi connectivity index (χ0n) is 32.8. The number of ether oxygens (including phenoxy) is 1. The molecule has 4 rings (SSSR count). The van der Waals surface area contributed by atoms with Crippen LogP contribution in [0.3, 0.4) is 0 Å². The molecule has 0 spiro atoms. The van der Waals surface area contributed by atoms with Crippen LogP contribution in [0.25, 0.3) is 10.4 Å². The van der Waals surface area contributed by atoms with E-state index in [2.05, 4.69) is 15.6 Å². The van der Waals surface area contributed by atoms with Crippen LogP contribution in [0.15, 0.2) is 48.0 Å². The lowest BCUT2D eigenvalue weighted by Gasteiger charge is -2.35. The summed E-state index contributed by atoms with van der Waals surface area (Å²) in [6, 6.07) is 10.3. The smallest absolute Gasteiger partial charge is 0.246 e. The SMILES string of the molecule is Cc1ncsc1-c1ccc([C@H](C)NC(=O)[C@@H]2C[C@@H](O)CN2C(=O)[C@@H](NC(=O)CCCCc2ccc(CO[C@H](C)[C@@H](N)CCC(N)=O)cc2F)C(C)(C)C)cc1. The summed E-state index contributed by atoms with van der Waals surface area (Å²) < 4.78 is 20.7. The van der Waals surface area contributed by atoms with Crippen molar-refractivity contribution < 1.29 is 33.4 Å². The molecule has 2 heterocycles. The lowest BCUT2D eigenvalue weighted by atomic mass is 9.85. The average Bonchev–Trinajstić information content (AvgIpc) is 3.75. The largest absolute Gasteiger partial charge is 0.391 e. The van der Waals surface area contributed by atoms with Gasteiger partial charge in [-0.25, -0.2) is 9.37 Å². The van der Waals surface area contributed by atoms with Crippen LogP contribution in [0.4, 0.5) is 4.39 Å². The molecule has 1 aliphatic rings. The average molecular weight is 781 g/mol. The van der Waals surface area contributed by atoms with Crippen LogP contribution in [-0.4, -0.2) is 75.5 Å². The van der Waals surface area contributed by atoms with Crippen molar-refractivity contribution in [3.63, 3.8) is 0 Å². The number of aliphatic hydroxyl groups is 1. The number of nitrogens with two attached hydrogens (primary N) is 2. The highest BCUT2D eigenvalue weighted by molar-refractivity contribution is 7.13. The maximum Gasteiger partial charge on any atom is 0.246 e. The minimum absolute atomic E-state index is 0.0172. The van der Waals surface area contributed by atoms with Crippen molar-refractivity contribution in [3.05, 3.63) is 76.2 Å². The summed E-state index contributed by atoms with van der Waals surface area (Å²) >= 11 is 1.57. The number of amides is 4. The fourth-order valence-corrected chi connectivity index (χ4v) is 7.44. The first-order valence-electron chi connectivity index (χ1n) is 19.0. The van der Waals surface area contributed by atoms with Gasteiger partial charge in [0.05, 0.1) is 40.9 Å². The van der Waals surface area contributed by atoms with Gasteiger partial charge in [-0.05, 0) is 80.2 Å². The van der Waals surface area contributed by atoms with Gasteiger partial charge in [0.2, 0.25) is 23.6 Å². The molecule has 0 radical (unpaired) electrons. The molecule has 3 aromatic rings. The van der Waals surface area contributed by atoms with E-state index in [9.17, 15) is 28.7 Å². The van der Waals surface area contributed by atoms with E-state index in [1.54, 1.807) is 30.4 Å². The third kappa shape index (κ3) is 12.4. The van der Waals surface area contributed by atoms with Crippen molar-refractivity contribution >= 4 is 35.0 Å². The van der Waals surface area contributed by atoms with Gasteiger partial charge in [-0.1, -0.05) is 57.2 Å². The van der Waals surface area contributed by atoms with Gasteiger partial charge >= 0.3 is 0 Å². The molecular weight excluding hydrogens is 724 g/mol. The molecule has 300 valence electrons. The number of carbonyl (C=O) groups excluding carboxylic acids is 4. The van der Waals surface area contributed by atoms with E-state index in [0.29, 0.717) is 36.8 Å². The van der Waals surface area contributed by atoms with Gasteiger partial charge in [0.15, 0.2) is 0 Å². The second-order valence-corrected chi connectivity index (χ2v) is 16.6. The Bertz CT molecular complexity index is 1780. The minimum atomic E-state index is -0.937. The van der Waals surface area contributed by atoms with Crippen molar-refractivity contribution in [3.8, 4) is 10.4 Å². The number of aromatic nitrogens is 1. The summed E-state index contributed by atoms with van der Waals surface area (Å²) in [5.74, 6) is -1.91. The van der Waals surface area contributed by atoms with Crippen LogP contribution in [0.1, 0.15) is 102 Å². The Morgan fingerprint density at radius 3 is 2.40 bits per heavy atom. The van der Waals surface area contributed by atoms with Crippen molar-refractivity contribution in [2.24, 2.45) is 16.9 Å². The van der Waals surface area contributed by atoms with Crippen molar-refractivity contribution in [2.75, 3.05) is 6.54 Å². The third-order valence-electron chi connectivity index (χ3n) is 10.1. The summed E-state index contributed by atoms with van der Waals surface area (Å²) in [4.78, 5) is 58.6. The standard InChI is InChI=1S/C41H57FN6O6S/c1-24(28-13-15-30(16-14-28)37-25(2)45-23-55-37)46-39(52)34-20-31(49)21-48(34)40(53)38(41(4,5)6)47-36(51)10-8-7-9-29-12-11-27(19-32(29)42)22-54-26(3)33(43)17-18-35(44)50/h11-16,19,23-24,26,31,33-34,38,49H,7-10,17-18,20-22,43H2,1-6H3,(H2,44,50)(H,46,52)(H,47,51)/t24-,26+,31+,33-,34-,38+/m0/s1. The first-order valence-corrected chi connectivity index (χ1v) is 19.8. The van der Waals surface area contributed by atoms with E-state index in [0.717, 1.165) is 21.7 Å². The van der Waals surface area contributed by atoms with Crippen LogP contribution < -0.4 is 22.1 Å². The highest BCUT2D eigenvalue weighted by Crippen LogP contribution is 2.30. The number of nitrogens with one attached hydrogen (secondary N) is 2. The Labute approximate surface area is 327 Å². The Balaban J connectivity index is 1.27. The summed E-state index contributed by atoms with van der Waals surface area (Å²) in [5, 5.41) is 16.5. The molecule has 0 bridgehead atoms. The Morgan fingerprint density at radius 1 is 1.07 bits per heavy atom. The molecule has 55 heavy (non-hydrogen) atoms. The maximum atomic E-state index is 14.9. The zero-order valence-corrected chi connectivity index (χ0v) is 33.6. The monoisotopic (exact) mass is 780 g/mol. The Morgan fingerprint density at radius 2 is 1.78 bits per heavy atom. The molecule has 7 N–H and O–H groups in total. The zero-order chi connectivity index (χ0) is 40.4. The first kappa shape index (κ1) is 43.5. The molecule has 6 atom stereocenters. The molecule has 12 nitrogen and oxygen atoms in total. The van der Waals surface area contributed by atoms with E-state index in [1.807, 2.05) is 64.4 Å². The van der Waals surface area contributed by atoms with Gasteiger partial charge in [-0.15, -0.1) is 11.3 Å². The maximum absolute atomic E-state index is 14.9. The lowest BCUT2D eigenvalue weighted by molar-refractivity contribution is -0.144. The van der Waals surface area contributed by atoms with Gasteiger partial charge in [-0.2, -0.15) is 0 Å². The number of halogens is 1. The molecule has 4 amide bonds. The minimum Gasteiger partial charge on any atom is -0.391 e. The van der Waals surface area contributed by atoms with E-state index >= 15 is 0 Å². The number of rotatable bonds is 18. The summed E-state index contributed by atoms with van der Waals surface area (Å²) in [6.07, 6.45) is 1.02. The topological polar surface area (TPSA) is 190 Å². The van der Waals surface area contributed by atoms with Crippen LogP contribution in [-0.2, 0) is 36.9 Å². The number of aliphatic hydroxyl groups excluding tert-OH is 1. The molecule has 1 aliphatic heterocycles. The van der Waals surface area contributed by atoms with Crippen LogP contribution in [0.5, 0.6) is 0 Å². The van der Waals surface area contributed by atoms with Crippen LogP contribution >= 0.6 is 11.3 Å². The number of unbranched alkanes of at least 4 members (excludes halogenated alkanes) is 1. The molecular formula is C41H57FN6O6S. The van der Waals surface area contributed by atoms with Gasteiger partial charge in [-0.3, -0.25) is 19.2 Å². The normalized spacial score (nSPS) is 18.0. The number of hydrogen-bond acceptors (Lipinski definition) is 9. The number of thiazole rings is 1. The Kier molecular flexibility index (Phi) is 15.5. The summed E-state index contributed by atoms with van der Waals surface area (Å²) in [7, 11) is 0. The molecule has 1 saturated heterocycles. The highest BCUT2D eigenvalue weighted by atomic mass is 32.1. The van der Waals surface area contributed by atoms with Crippen molar-refractivity contribution in [1.82, 2.24) is 20.5 Å². The second kappa shape index (κ2) is 19.6. The van der Waals surface area contributed by atoms with E-state index in [-0.39, 0.29) is 68.2 Å². The quantitative estimate of drug-likeness (QED) is 0.113. The first-order chi connectivity index (χ1) is 25.9. The number of β-amino-alcohol motifs (C(OH)–C–C–N with tert-alkyl or cyclic N) is 1. The molecule has 0 saturated carbocycles. The van der Waals surface area contributed by atoms with Gasteiger partial charge in [0, 0.05) is 31.8 Å². The van der Waals surface area contributed by atoms with Crippen molar-refractivity contribution in [1.29, 1.82) is 0 Å². The molecule has 2 aromatic carbocycles. The number of benzene rings is 2. The van der Waals surface area contributed by atoms with E-state index in [1.165, 1.54) is 11.0 Å². The molecule has 14 heteroatoms. The highest BCUT2D eigenvalue weighted by Gasteiger charge is 2.44. The number of carbonyl (C=O) groups is 4. The number of aryl methyl sites for hydroxylation is 2. The number of likely N-dealkylation sites (tertiary alicyclic amines) is 1. The fraction of sp³-hybridized carbons (Fsp3) is 0.537. The van der Waals surface area contributed by atoms with Crippen LogP contribution in [0, 0.1) is 18.2 Å². The van der Waals surface area contributed by atoms with E-state index < -0.39 is 35.4 Å². The fourth-order valence-electron chi connectivity index (χ4n) is 6.63. The van der Waals surface area contributed by atoms with Gasteiger partial charge < -0.3 is 36.8 Å². The van der Waals surface area contributed by atoms with Gasteiger partial charge in [0.1, 0.15) is 17.9 Å². The summed E-state index contributed by atoms with van der Waals surface area (Å²) in [5.41, 5.74) is 16.4. The molecule has 0 aliphatic carbocycles. The van der Waals surface area contributed by atoms with Crippen LogP contribution in [0.2, 0.25) is 0 Å². The predicted octanol–water partition coefficient (Wildman–Crippen LogP) is 4.84. The lowest BCUT2D eigenvalue weighted by Crippen LogP contribution is -2.57. The Hall–Kier alpha value is -4.24. The summed E-state index contributed by atoms with van der Waals surface area (Å²) in [6.45, 7) is 11.3. The molecule has 1 aromatic heterocycles. The number of nitrogens with zero attached hydrogens (tertiary/aromatic N) is 2. The number of primary amides is 1. The number of hydrogen-bond donors (Lipinski definition) is 5. The molecule has 1 fully saturated rings. The van der Waals surface area contributed by atoms with Gasteiger partial charge in [0.25, 0.3) is 0 Å². The van der Waals surface area contributed by atoms with Crippen molar-refractivity contribution in [2.45, 2.75) is 129 Å².